The van der Waals surface area contributed by atoms with Gasteiger partial charge >= 0.3 is 11.0 Å². The van der Waals surface area contributed by atoms with Crippen molar-refractivity contribution >= 4 is 17.2 Å². The van der Waals surface area contributed by atoms with Crippen LogP contribution >= 0.6 is 11.3 Å². The fourth-order valence-electron chi connectivity index (χ4n) is 2.56. The van der Waals surface area contributed by atoms with Gasteiger partial charge in [0.25, 0.3) is 5.91 Å². The maximum atomic E-state index is 12.8. The molecule has 0 N–H and O–H groups in total. The molecule has 4 nitrogen and oxygen atoms in total. The molecule has 0 radical (unpaired) electrons. The number of carbonyl (C=O) groups is 1. The van der Waals surface area contributed by atoms with Crippen LogP contribution in [0.1, 0.15) is 46.3 Å². The second-order valence-electron chi connectivity index (χ2n) is 6.15. The van der Waals surface area contributed by atoms with E-state index in [1.54, 1.807) is 18.9 Å². The van der Waals surface area contributed by atoms with Gasteiger partial charge in [0.1, 0.15) is 4.88 Å². The first kappa shape index (κ1) is 20.2. The van der Waals surface area contributed by atoms with Gasteiger partial charge in [-0.25, -0.2) is 0 Å². The Morgan fingerprint density at radius 1 is 1.31 bits per heavy atom. The molecule has 0 aliphatic carbocycles. The molecule has 0 aliphatic rings. The Hall–Kier alpha value is -2.09. The lowest BCUT2D eigenvalue weighted by atomic mass is 10.1. The third-order valence-electron chi connectivity index (χ3n) is 4.13. The quantitative estimate of drug-likeness (QED) is 0.748. The van der Waals surface area contributed by atoms with Crippen molar-refractivity contribution in [3.63, 3.8) is 0 Å². The summed E-state index contributed by atoms with van der Waals surface area (Å²) < 4.78 is 39.9. The highest BCUT2D eigenvalue weighted by molar-refractivity contribution is 7.11. The molecule has 0 fully saturated rings. The van der Waals surface area contributed by atoms with Gasteiger partial charge in [-0.2, -0.15) is 13.2 Å². The number of halogens is 3. The molecule has 26 heavy (non-hydrogen) atoms. The largest absolute Gasteiger partial charge is 0.416 e. The summed E-state index contributed by atoms with van der Waals surface area (Å²) in [5.41, 5.74) is 0.0819. The molecule has 0 unspecified atom stereocenters. The standard InChI is InChI=1S/C18H21F3N2O2S/c1-4-5-9-22(3)16(24)15-12(2)23(17(25)26-15)11-13-7-6-8-14(10-13)18(19,20)21/h6-8,10H,4-5,9,11H2,1-3H3. The molecule has 8 heteroatoms. The van der Waals surface area contributed by atoms with Crippen LogP contribution in [0.3, 0.4) is 0 Å². The summed E-state index contributed by atoms with van der Waals surface area (Å²) in [5, 5.41) is 0. The molecule has 0 bridgehead atoms. The Balaban J connectivity index is 2.29. The van der Waals surface area contributed by atoms with Gasteiger partial charge in [0.15, 0.2) is 0 Å². The number of benzene rings is 1. The van der Waals surface area contributed by atoms with Crippen LogP contribution in [0.5, 0.6) is 0 Å². The topological polar surface area (TPSA) is 42.3 Å². The van der Waals surface area contributed by atoms with Crippen LogP contribution in [0.15, 0.2) is 29.1 Å². The molecular weight excluding hydrogens is 365 g/mol. The van der Waals surface area contributed by atoms with Crippen LogP contribution in [0.2, 0.25) is 0 Å². The third kappa shape index (κ3) is 4.55. The van der Waals surface area contributed by atoms with Crippen molar-refractivity contribution in [3.05, 3.63) is 55.6 Å². The van der Waals surface area contributed by atoms with Gasteiger partial charge in [0.05, 0.1) is 12.1 Å². The summed E-state index contributed by atoms with van der Waals surface area (Å²) in [6.45, 7) is 4.26. The molecule has 1 aromatic carbocycles. The van der Waals surface area contributed by atoms with Crippen LogP contribution in [-0.2, 0) is 12.7 Å². The molecule has 2 aromatic rings. The van der Waals surface area contributed by atoms with Crippen LogP contribution in [0, 0.1) is 6.92 Å². The van der Waals surface area contributed by atoms with Gasteiger partial charge in [-0.1, -0.05) is 36.8 Å². The Morgan fingerprint density at radius 3 is 2.62 bits per heavy atom. The van der Waals surface area contributed by atoms with Crippen LogP contribution in [0.25, 0.3) is 0 Å². The van der Waals surface area contributed by atoms with Crippen LogP contribution in [0.4, 0.5) is 13.2 Å². The van der Waals surface area contributed by atoms with Gasteiger partial charge in [-0.15, -0.1) is 0 Å². The van der Waals surface area contributed by atoms with E-state index in [0.29, 0.717) is 22.7 Å². The first-order valence-electron chi connectivity index (χ1n) is 8.27. The normalized spacial score (nSPS) is 11.6. The maximum Gasteiger partial charge on any atom is 0.416 e. The number of aromatic nitrogens is 1. The second kappa shape index (κ2) is 8.07. The van der Waals surface area contributed by atoms with Crippen molar-refractivity contribution in [2.24, 2.45) is 0 Å². The highest BCUT2D eigenvalue weighted by Gasteiger charge is 2.30. The van der Waals surface area contributed by atoms with Gasteiger partial charge in [-0.3, -0.25) is 14.2 Å². The third-order valence-corrected chi connectivity index (χ3v) is 5.20. The van der Waals surface area contributed by atoms with Crippen molar-refractivity contribution in [1.29, 1.82) is 0 Å². The number of unbranched alkanes of at least 4 members (excludes halogenated alkanes) is 1. The minimum atomic E-state index is -4.44. The lowest BCUT2D eigenvalue weighted by Gasteiger charge is -2.16. The Labute approximate surface area is 153 Å². The minimum absolute atomic E-state index is 0.00294. The summed E-state index contributed by atoms with van der Waals surface area (Å²) >= 11 is 0.834. The summed E-state index contributed by atoms with van der Waals surface area (Å²) in [7, 11) is 1.68. The van der Waals surface area contributed by atoms with E-state index in [1.807, 2.05) is 6.92 Å². The van der Waals surface area contributed by atoms with Crippen molar-refractivity contribution in [2.45, 2.75) is 39.4 Å². The predicted octanol–water partition coefficient (Wildman–Crippen LogP) is 4.16. The molecule has 1 aromatic heterocycles. The zero-order valence-corrected chi connectivity index (χ0v) is 15.7. The smallest absolute Gasteiger partial charge is 0.341 e. The number of thiazole rings is 1. The zero-order chi connectivity index (χ0) is 19.5. The number of rotatable bonds is 6. The van der Waals surface area contributed by atoms with E-state index in [-0.39, 0.29) is 17.3 Å². The number of nitrogens with zero attached hydrogens (tertiary/aromatic N) is 2. The molecule has 0 atom stereocenters. The second-order valence-corrected chi connectivity index (χ2v) is 7.11. The highest BCUT2D eigenvalue weighted by Crippen LogP contribution is 2.29. The molecule has 142 valence electrons. The number of hydrogen-bond donors (Lipinski definition) is 0. The van der Waals surface area contributed by atoms with E-state index in [1.165, 1.54) is 16.7 Å². The van der Waals surface area contributed by atoms with E-state index in [2.05, 4.69) is 0 Å². The van der Waals surface area contributed by atoms with Crippen LogP contribution in [-0.4, -0.2) is 29.0 Å². The first-order chi connectivity index (χ1) is 12.1. The van der Waals surface area contributed by atoms with E-state index in [0.717, 1.165) is 36.3 Å². The van der Waals surface area contributed by atoms with E-state index in [9.17, 15) is 22.8 Å². The average molecular weight is 386 g/mol. The zero-order valence-electron chi connectivity index (χ0n) is 14.9. The first-order valence-corrected chi connectivity index (χ1v) is 9.08. The Kier molecular flexibility index (Phi) is 6.28. The summed E-state index contributed by atoms with van der Waals surface area (Å²) in [4.78, 5) is 26.3. The van der Waals surface area contributed by atoms with Gasteiger partial charge < -0.3 is 4.90 Å². The fourth-order valence-corrected chi connectivity index (χ4v) is 3.54. The fraction of sp³-hybridized carbons (Fsp3) is 0.444. The maximum absolute atomic E-state index is 12.8. The number of carbonyl (C=O) groups excluding carboxylic acids is 1. The van der Waals surface area contributed by atoms with Crippen molar-refractivity contribution in [1.82, 2.24) is 9.47 Å². The Bertz CT molecular complexity index is 840. The molecule has 2 rings (SSSR count). The molecule has 1 amide bonds. The average Bonchev–Trinajstić information content (AvgIpc) is 2.86. The molecule has 0 aliphatic heterocycles. The summed E-state index contributed by atoms with van der Waals surface area (Å²) in [6.07, 6.45) is -2.63. The molecule has 0 saturated heterocycles. The van der Waals surface area contributed by atoms with Crippen molar-refractivity contribution < 1.29 is 18.0 Å². The SMILES string of the molecule is CCCCN(C)C(=O)c1sc(=O)n(Cc2cccc(C(F)(F)F)c2)c1C. The predicted molar refractivity (Wildman–Crippen MR) is 95.7 cm³/mol. The lowest BCUT2D eigenvalue weighted by Crippen LogP contribution is -2.27. The molecule has 0 spiro atoms. The number of hydrogen-bond acceptors (Lipinski definition) is 3. The van der Waals surface area contributed by atoms with Crippen LogP contribution < -0.4 is 4.87 Å². The van der Waals surface area contributed by atoms with Gasteiger partial charge in [0.2, 0.25) is 0 Å². The minimum Gasteiger partial charge on any atom is -0.341 e. The summed E-state index contributed by atoms with van der Waals surface area (Å²) in [6, 6.07) is 4.87. The van der Waals surface area contributed by atoms with E-state index >= 15 is 0 Å². The van der Waals surface area contributed by atoms with Gasteiger partial charge in [0, 0.05) is 19.3 Å². The number of amides is 1. The van der Waals surface area contributed by atoms with Gasteiger partial charge in [-0.05, 0) is 31.0 Å². The Morgan fingerprint density at radius 2 is 2.00 bits per heavy atom. The van der Waals surface area contributed by atoms with Crippen molar-refractivity contribution in [2.75, 3.05) is 13.6 Å². The monoisotopic (exact) mass is 386 g/mol. The van der Waals surface area contributed by atoms with E-state index < -0.39 is 11.7 Å². The molecule has 1 heterocycles. The lowest BCUT2D eigenvalue weighted by molar-refractivity contribution is -0.137. The number of alkyl halides is 3. The molecular formula is C18H21F3N2O2S. The van der Waals surface area contributed by atoms with E-state index in [4.69, 9.17) is 0 Å². The molecule has 0 saturated carbocycles. The highest BCUT2D eigenvalue weighted by atomic mass is 32.1. The van der Waals surface area contributed by atoms with Crippen molar-refractivity contribution in [3.8, 4) is 0 Å². The summed E-state index contributed by atoms with van der Waals surface area (Å²) in [5.74, 6) is -0.235.